The van der Waals surface area contributed by atoms with Gasteiger partial charge in [0.2, 0.25) is 0 Å². The van der Waals surface area contributed by atoms with Crippen LogP contribution in [0.25, 0.3) is 0 Å². The van der Waals surface area contributed by atoms with Gasteiger partial charge in [-0.2, -0.15) is 0 Å². The number of benzene rings is 1. The molecule has 0 fully saturated rings. The van der Waals surface area contributed by atoms with Gasteiger partial charge in [0.1, 0.15) is 6.61 Å². The number of anilines is 1. The summed E-state index contributed by atoms with van der Waals surface area (Å²) in [5.74, 6) is 0. The Labute approximate surface area is 142 Å². The minimum absolute atomic E-state index is 0.382. The molecule has 6 nitrogen and oxygen atoms in total. The van der Waals surface area contributed by atoms with Crippen molar-refractivity contribution in [1.82, 2.24) is 0 Å². The molecule has 0 radical (unpaired) electrons. The van der Waals surface area contributed by atoms with Crippen molar-refractivity contribution < 1.29 is 14.3 Å². The Balaban J connectivity index is 2.52. The van der Waals surface area contributed by atoms with Gasteiger partial charge in [-0.1, -0.05) is 22.8 Å². The smallest absolute Gasteiger partial charge is 0.129 e. The molecule has 0 aliphatic heterocycles. The number of nitrogens with two attached hydrogens (primary N) is 2. The first kappa shape index (κ1) is 19.7. The normalized spacial score (nSPS) is 11.7. The number of rotatable bonds is 12. The van der Waals surface area contributed by atoms with Gasteiger partial charge in [-0.05, 0) is 31.4 Å². The first-order valence-corrected chi connectivity index (χ1v) is 8.07. The first-order valence-electron chi connectivity index (χ1n) is 7.70. The molecule has 0 aliphatic carbocycles. The highest BCUT2D eigenvalue weighted by molar-refractivity contribution is 6.33. The number of hydrogen-bond acceptors (Lipinski definition) is 6. The number of oxime groups is 1. The van der Waals surface area contributed by atoms with Crippen LogP contribution in [-0.2, 0) is 14.3 Å². The van der Waals surface area contributed by atoms with Gasteiger partial charge in [-0.15, -0.1) is 0 Å². The molecule has 0 spiro atoms. The highest BCUT2D eigenvalue weighted by Gasteiger charge is 2.07. The van der Waals surface area contributed by atoms with E-state index < -0.39 is 0 Å². The summed E-state index contributed by atoms with van der Waals surface area (Å²) in [5.41, 5.74) is 13.5. The molecule has 0 heterocycles. The fourth-order valence-electron chi connectivity index (χ4n) is 1.88. The Morgan fingerprint density at radius 3 is 2.70 bits per heavy atom. The first-order chi connectivity index (χ1) is 11.2. The molecule has 0 unspecified atom stereocenters. The van der Waals surface area contributed by atoms with Crippen LogP contribution in [0.2, 0.25) is 5.02 Å². The van der Waals surface area contributed by atoms with Crippen LogP contribution >= 0.6 is 11.6 Å². The fourth-order valence-corrected chi connectivity index (χ4v) is 2.00. The van der Waals surface area contributed by atoms with Gasteiger partial charge in [-0.25, -0.2) is 0 Å². The maximum absolute atomic E-state index is 5.96. The summed E-state index contributed by atoms with van der Waals surface area (Å²) in [6.07, 6.45) is 2.63. The SMILES string of the molecule is COCCOCCCCC(=NOCCN)c1ccc(Cl)c(N)c1. The van der Waals surface area contributed by atoms with Crippen LogP contribution in [0.15, 0.2) is 23.4 Å². The molecule has 1 aromatic carbocycles. The Morgan fingerprint density at radius 2 is 2.00 bits per heavy atom. The van der Waals surface area contributed by atoms with E-state index in [0.29, 0.717) is 43.7 Å². The lowest BCUT2D eigenvalue weighted by Gasteiger charge is -2.09. The zero-order chi connectivity index (χ0) is 16.9. The zero-order valence-corrected chi connectivity index (χ0v) is 14.3. The summed E-state index contributed by atoms with van der Waals surface area (Å²) in [6.45, 7) is 2.73. The van der Waals surface area contributed by atoms with Crippen molar-refractivity contribution in [2.75, 3.05) is 45.8 Å². The van der Waals surface area contributed by atoms with Gasteiger partial charge in [-0.3, -0.25) is 0 Å². The number of nitrogen functional groups attached to an aromatic ring is 1. The third-order valence-electron chi connectivity index (χ3n) is 3.10. The van der Waals surface area contributed by atoms with Crippen LogP contribution in [0.5, 0.6) is 0 Å². The molecule has 1 rings (SSSR count). The van der Waals surface area contributed by atoms with Crippen LogP contribution in [-0.4, -0.2) is 45.8 Å². The lowest BCUT2D eigenvalue weighted by Crippen LogP contribution is -2.09. The Kier molecular flexibility index (Phi) is 10.4. The largest absolute Gasteiger partial charge is 0.398 e. The fraction of sp³-hybridized carbons (Fsp3) is 0.562. The monoisotopic (exact) mass is 343 g/mol. The van der Waals surface area contributed by atoms with Crippen LogP contribution in [0.1, 0.15) is 24.8 Å². The molecule has 23 heavy (non-hydrogen) atoms. The van der Waals surface area contributed by atoms with Gasteiger partial charge in [0, 0.05) is 25.8 Å². The summed E-state index contributed by atoms with van der Waals surface area (Å²) < 4.78 is 10.4. The van der Waals surface area contributed by atoms with Crippen LogP contribution in [0.4, 0.5) is 5.69 Å². The second-order valence-electron chi connectivity index (χ2n) is 4.96. The quantitative estimate of drug-likeness (QED) is 0.263. The van der Waals surface area contributed by atoms with E-state index >= 15 is 0 Å². The third kappa shape index (κ3) is 8.18. The van der Waals surface area contributed by atoms with Crippen molar-refractivity contribution in [2.24, 2.45) is 10.9 Å². The predicted octanol–water partition coefficient (Wildman–Crippen LogP) is 2.43. The van der Waals surface area contributed by atoms with E-state index in [1.54, 1.807) is 13.2 Å². The van der Waals surface area contributed by atoms with Crippen molar-refractivity contribution in [1.29, 1.82) is 0 Å². The molecule has 0 aromatic heterocycles. The molecule has 0 aliphatic rings. The maximum Gasteiger partial charge on any atom is 0.129 e. The maximum atomic E-state index is 5.96. The molecule has 0 saturated heterocycles. The minimum Gasteiger partial charge on any atom is -0.398 e. The Bertz CT molecular complexity index is 484. The highest BCUT2D eigenvalue weighted by atomic mass is 35.5. The number of unbranched alkanes of at least 4 members (excludes halogenated alkanes) is 1. The van der Waals surface area contributed by atoms with Crippen molar-refractivity contribution in [3.8, 4) is 0 Å². The van der Waals surface area contributed by atoms with Crippen LogP contribution < -0.4 is 11.5 Å². The summed E-state index contributed by atoms with van der Waals surface area (Å²) in [5, 5.41) is 4.71. The number of nitrogens with zero attached hydrogens (tertiary/aromatic N) is 1. The lowest BCUT2D eigenvalue weighted by atomic mass is 10.0. The average molecular weight is 344 g/mol. The highest BCUT2D eigenvalue weighted by Crippen LogP contribution is 2.21. The third-order valence-corrected chi connectivity index (χ3v) is 3.44. The van der Waals surface area contributed by atoms with Crippen LogP contribution in [0, 0.1) is 0 Å². The molecule has 130 valence electrons. The number of methoxy groups -OCH3 is 1. The molecule has 1 aromatic rings. The summed E-state index contributed by atoms with van der Waals surface area (Å²) in [6, 6.07) is 5.46. The van der Waals surface area contributed by atoms with Crippen molar-refractivity contribution >= 4 is 23.0 Å². The van der Waals surface area contributed by atoms with Gasteiger partial charge < -0.3 is 25.8 Å². The van der Waals surface area contributed by atoms with Gasteiger partial charge in [0.05, 0.1) is 29.6 Å². The van der Waals surface area contributed by atoms with Gasteiger partial charge in [0.25, 0.3) is 0 Å². The molecular formula is C16H26ClN3O3. The van der Waals surface area contributed by atoms with E-state index in [1.807, 2.05) is 12.1 Å². The number of ether oxygens (including phenoxy) is 2. The van der Waals surface area contributed by atoms with Gasteiger partial charge >= 0.3 is 0 Å². The van der Waals surface area contributed by atoms with Crippen molar-refractivity contribution in [3.05, 3.63) is 28.8 Å². The van der Waals surface area contributed by atoms with E-state index in [9.17, 15) is 0 Å². The Hall–Kier alpha value is -1.34. The molecule has 0 saturated carbocycles. The lowest BCUT2D eigenvalue weighted by molar-refractivity contribution is 0.0689. The zero-order valence-electron chi connectivity index (χ0n) is 13.6. The standard InChI is InChI=1S/C16H26ClN3O3/c1-21-10-11-22-8-3-2-4-16(20-23-9-7-18)13-5-6-14(17)15(19)12-13/h5-6,12H,2-4,7-11,18-19H2,1H3. The van der Waals surface area contributed by atoms with Crippen molar-refractivity contribution in [3.63, 3.8) is 0 Å². The Morgan fingerprint density at radius 1 is 1.17 bits per heavy atom. The van der Waals surface area contributed by atoms with E-state index in [1.165, 1.54) is 0 Å². The van der Waals surface area contributed by atoms with Gasteiger partial charge in [0.15, 0.2) is 0 Å². The average Bonchev–Trinajstić information content (AvgIpc) is 2.55. The summed E-state index contributed by atoms with van der Waals surface area (Å²) in [7, 11) is 1.66. The number of hydrogen-bond donors (Lipinski definition) is 2. The molecule has 0 atom stereocenters. The topological polar surface area (TPSA) is 92.1 Å². The number of halogens is 1. The van der Waals surface area contributed by atoms with E-state index in [-0.39, 0.29) is 0 Å². The van der Waals surface area contributed by atoms with E-state index in [0.717, 1.165) is 30.5 Å². The summed E-state index contributed by atoms with van der Waals surface area (Å²) >= 11 is 5.96. The molecule has 4 N–H and O–H groups in total. The predicted molar refractivity (Wildman–Crippen MR) is 94.0 cm³/mol. The molecular weight excluding hydrogens is 318 g/mol. The van der Waals surface area contributed by atoms with E-state index in [2.05, 4.69) is 5.16 Å². The van der Waals surface area contributed by atoms with Crippen molar-refractivity contribution in [2.45, 2.75) is 19.3 Å². The summed E-state index contributed by atoms with van der Waals surface area (Å²) in [4.78, 5) is 5.22. The van der Waals surface area contributed by atoms with Crippen LogP contribution in [0.3, 0.4) is 0 Å². The molecule has 0 amide bonds. The molecule has 7 heteroatoms. The van der Waals surface area contributed by atoms with E-state index in [4.69, 9.17) is 37.4 Å². The second-order valence-corrected chi connectivity index (χ2v) is 5.37. The second kappa shape index (κ2) is 12.1. The molecule has 0 bridgehead atoms. The minimum atomic E-state index is 0.382.